The number of hydrogen-bond donors (Lipinski definition) is 1. The highest BCUT2D eigenvalue weighted by molar-refractivity contribution is 8.30. The first-order chi connectivity index (χ1) is 12.2. The van der Waals surface area contributed by atoms with Gasteiger partial charge in [-0.3, -0.25) is 4.79 Å². The summed E-state index contributed by atoms with van der Waals surface area (Å²) in [4.78, 5) is 15.1. The van der Waals surface area contributed by atoms with E-state index < -0.39 is 10.3 Å². The summed E-state index contributed by atoms with van der Waals surface area (Å²) >= 11 is 0. The highest BCUT2D eigenvalue weighted by Gasteiger charge is 2.35. The molecule has 0 aliphatic heterocycles. The Kier molecular flexibility index (Phi) is 5.10. The number of phenolic OH excluding ortho intramolecular Hbond substituents is 1. The highest BCUT2D eigenvalue weighted by atomic mass is 32.3. The summed E-state index contributed by atoms with van der Waals surface area (Å²) in [6.45, 7) is 1.79. The topological polar surface area (TPSA) is 46.5 Å². The number of aromatic hydroxyl groups is 1. The molecule has 0 spiro atoms. The van der Waals surface area contributed by atoms with Gasteiger partial charge in [0.05, 0.1) is 0 Å². The summed E-state index contributed by atoms with van der Waals surface area (Å²) in [5.74, 6) is -0.0734. The fourth-order valence-corrected chi connectivity index (χ4v) is 5.72. The van der Waals surface area contributed by atoms with Crippen LogP contribution >= 0.6 is 10.3 Å². The molecule has 0 aliphatic carbocycles. The van der Waals surface area contributed by atoms with Crippen molar-refractivity contribution in [2.75, 3.05) is 0 Å². The van der Waals surface area contributed by atoms with Gasteiger partial charge in [0.1, 0.15) is 5.75 Å². The van der Waals surface area contributed by atoms with Crippen molar-refractivity contribution in [3.63, 3.8) is 0 Å². The van der Waals surface area contributed by atoms with Crippen LogP contribution in [0.1, 0.15) is 13.3 Å². The molecule has 1 N–H and O–H groups in total. The van der Waals surface area contributed by atoms with Crippen LogP contribution in [0.15, 0.2) is 99.6 Å². The van der Waals surface area contributed by atoms with Crippen molar-refractivity contribution in [1.82, 2.24) is 0 Å². The summed E-state index contributed by atoms with van der Waals surface area (Å²) in [6, 6.07) is 26.5. The molecule has 3 rings (SSSR count). The van der Waals surface area contributed by atoms with E-state index >= 15 is 0 Å². The van der Waals surface area contributed by atoms with Crippen LogP contribution < -0.4 is 0 Å². The van der Waals surface area contributed by atoms with Gasteiger partial charge in [-0.2, -0.15) is 0 Å². The van der Waals surface area contributed by atoms with E-state index in [0.717, 1.165) is 14.7 Å². The van der Waals surface area contributed by atoms with Crippen molar-refractivity contribution in [3.8, 4) is 5.75 Å². The molecule has 0 heterocycles. The molecule has 3 aromatic rings. The van der Waals surface area contributed by atoms with E-state index in [1.165, 1.54) is 0 Å². The maximum absolute atomic E-state index is 12.4. The molecular formula is C21H20O3S. The van der Waals surface area contributed by atoms with Gasteiger partial charge in [-0.1, -0.05) is 43.3 Å². The Balaban J connectivity index is 2.30. The molecule has 0 unspecified atom stereocenters. The Labute approximate surface area is 149 Å². The highest BCUT2D eigenvalue weighted by Crippen LogP contribution is 2.69. The fraction of sp³-hybridized carbons (Fsp3) is 0.0952. The minimum Gasteiger partial charge on any atom is -0.508 e. The summed E-state index contributed by atoms with van der Waals surface area (Å²) in [7, 11) is -2.22. The van der Waals surface area contributed by atoms with Gasteiger partial charge in [0, 0.05) is 21.1 Å². The maximum atomic E-state index is 12.4. The van der Waals surface area contributed by atoms with Gasteiger partial charge >= 0.3 is 5.97 Å². The van der Waals surface area contributed by atoms with E-state index in [1.54, 1.807) is 19.1 Å². The van der Waals surface area contributed by atoms with E-state index in [2.05, 4.69) is 0 Å². The Morgan fingerprint density at radius 3 is 1.68 bits per heavy atom. The van der Waals surface area contributed by atoms with Crippen molar-refractivity contribution >= 4 is 16.3 Å². The SMILES string of the molecule is CCC(=O)OS(c1ccccc1)(c1ccccc1)c1ccc(O)cc1. The smallest absolute Gasteiger partial charge is 0.316 e. The van der Waals surface area contributed by atoms with E-state index in [0.29, 0.717) is 6.42 Å². The first kappa shape index (κ1) is 17.1. The van der Waals surface area contributed by atoms with Crippen molar-refractivity contribution < 1.29 is 14.1 Å². The van der Waals surface area contributed by atoms with Crippen LogP contribution in [0.2, 0.25) is 0 Å². The summed E-state index contributed by atoms with van der Waals surface area (Å²) in [5, 5.41) is 9.69. The normalized spacial score (nSPS) is 11.7. The predicted octanol–water partition coefficient (Wildman–Crippen LogP) is 5.54. The second-order valence-electron chi connectivity index (χ2n) is 5.49. The molecule has 0 saturated carbocycles. The largest absolute Gasteiger partial charge is 0.508 e. The lowest BCUT2D eigenvalue weighted by Gasteiger charge is -2.39. The second kappa shape index (κ2) is 7.45. The number of hydrogen-bond acceptors (Lipinski definition) is 3. The Bertz CT molecular complexity index is 791. The molecule has 0 fully saturated rings. The fourth-order valence-electron chi connectivity index (χ4n) is 2.61. The van der Waals surface area contributed by atoms with Crippen molar-refractivity contribution in [1.29, 1.82) is 0 Å². The van der Waals surface area contributed by atoms with Gasteiger partial charge in [-0.15, -0.1) is 0 Å². The number of carbonyl (C=O) groups is 1. The van der Waals surface area contributed by atoms with E-state index in [1.807, 2.05) is 72.8 Å². The van der Waals surface area contributed by atoms with Crippen LogP contribution in [0.3, 0.4) is 0 Å². The molecule has 0 amide bonds. The first-order valence-electron chi connectivity index (χ1n) is 8.11. The number of phenols is 1. The van der Waals surface area contributed by atoms with Gasteiger partial charge in [-0.25, -0.2) is 0 Å². The molecule has 0 aliphatic rings. The number of rotatable bonds is 5. The van der Waals surface area contributed by atoms with E-state index in [4.69, 9.17) is 4.18 Å². The zero-order valence-corrected chi connectivity index (χ0v) is 14.8. The Morgan fingerprint density at radius 2 is 1.24 bits per heavy atom. The molecule has 0 bridgehead atoms. The maximum Gasteiger partial charge on any atom is 0.316 e. The lowest BCUT2D eigenvalue weighted by molar-refractivity contribution is -0.133. The van der Waals surface area contributed by atoms with Crippen LogP contribution in [0.4, 0.5) is 0 Å². The summed E-state index contributed by atoms with van der Waals surface area (Å²) < 4.78 is 6.15. The Morgan fingerprint density at radius 1 is 0.800 bits per heavy atom. The standard InChI is InChI=1S/C21H20O3S/c1-2-21(23)24-25(18-9-5-3-6-10-18,19-11-7-4-8-12-19)20-15-13-17(22)14-16-20/h3-16,22H,2H2,1H3. The third-order valence-corrected chi connectivity index (χ3v) is 7.07. The average Bonchev–Trinajstić information content (AvgIpc) is 2.68. The van der Waals surface area contributed by atoms with Crippen LogP contribution in [-0.2, 0) is 8.98 Å². The lowest BCUT2D eigenvalue weighted by Crippen LogP contribution is -2.12. The van der Waals surface area contributed by atoms with Gasteiger partial charge in [-0.05, 0) is 58.8 Å². The molecule has 0 radical (unpaired) electrons. The van der Waals surface area contributed by atoms with Gasteiger partial charge in [0.25, 0.3) is 0 Å². The molecule has 25 heavy (non-hydrogen) atoms. The third kappa shape index (κ3) is 3.39. The molecule has 3 aromatic carbocycles. The molecule has 0 aromatic heterocycles. The van der Waals surface area contributed by atoms with Gasteiger partial charge in [0.2, 0.25) is 0 Å². The predicted molar refractivity (Wildman–Crippen MR) is 99.8 cm³/mol. The van der Waals surface area contributed by atoms with Crippen LogP contribution in [0.25, 0.3) is 0 Å². The van der Waals surface area contributed by atoms with Crippen LogP contribution in [0, 0.1) is 0 Å². The minimum atomic E-state index is -2.22. The Hall–Kier alpha value is -2.72. The first-order valence-corrected chi connectivity index (χ1v) is 9.67. The molecule has 0 saturated heterocycles. The van der Waals surface area contributed by atoms with Crippen LogP contribution in [0.5, 0.6) is 5.75 Å². The van der Waals surface area contributed by atoms with E-state index in [9.17, 15) is 9.90 Å². The molecule has 3 nitrogen and oxygen atoms in total. The second-order valence-corrected chi connectivity index (χ2v) is 8.18. The zero-order chi connectivity index (χ0) is 17.7. The van der Waals surface area contributed by atoms with Gasteiger partial charge < -0.3 is 9.29 Å². The number of carbonyl (C=O) groups excluding carboxylic acids is 1. The molecule has 128 valence electrons. The monoisotopic (exact) mass is 352 g/mol. The molecule has 4 heteroatoms. The van der Waals surface area contributed by atoms with Crippen molar-refractivity contribution in [3.05, 3.63) is 84.9 Å². The van der Waals surface area contributed by atoms with Crippen LogP contribution in [-0.4, -0.2) is 11.1 Å². The quantitative estimate of drug-likeness (QED) is 0.655. The van der Waals surface area contributed by atoms with Crippen molar-refractivity contribution in [2.45, 2.75) is 28.0 Å². The van der Waals surface area contributed by atoms with Gasteiger partial charge in [0.15, 0.2) is 0 Å². The lowest BCUT2D eigenvalue weighted by atomic mass is 10.3. The summed E-state index contributed by atoms with van der Waals surface area (Å²) in [5.41, 5.74) is 0. The number of benzene rings is 3. The average molecular weight is 352 g/mol. The molecular weight excluding hydrogens is 332 g/mol. The zero-order valence-electron chi connectivity index (χ0n) is 14.0. The van der Waals surface area contributed by atoms with Crippen molar-refractivity contribution in [2.24, 2.45) is 0 Å². The summed E-state index contributed by atoms with van der Waals surface area (Å²) in [6.07, 6.45) is 0.298. The third-order valence-electron chi connectivity index (χ3n) is 3.83. The van der Waals surface area contributed by atoms with E-state index in [-0.39, 0.29) is 11.7 Å². The minimum absolute atomic E-state index is 0.181. The molecule has 0 atom stereocenters.